The molecule has 1 unspecified atom stereocenters. The average molecular weight is 259 g/mol. The molecule has 0 aromatic heterocycles. The van der Waals surface area contributed by atoms with Crippen LogP contribution in [-0.2, 0) is 6.61 Å². The third-order valence-corrected chi connectivity index (χ3v) is 2.58. The molecule has 0 aliphatic rings. The van der Waals surface area contributed by atoms with E-state index in [1.807, 2.05) is 0 Å². The van der Waals surface area contributed by atoms with Gasteiger partial charge in [0.05, 0.1) is 12.7 Å². The molecule has 0 spiro atoms. The van der Waals surface area contributed by atoms with E-state index >= 15 is 0 Å². The van der Waals surface area contributed by atoms with Gasteiger partial charge in [-0.25, -0.2) is 0 Å². The summed E-state index contributed by atoms with van der Waals surface area (Å²) in [6, 6.07) is 4.92. The Labute approximate surface area is 90.5 Å². The summed E-state index contributed by atoms with van der Waals surface area (Å²) in [5.41, 5.74) is 1.66. The SMILES string of the molecule is O=Cc1cc(CO)ccc1C(O)CBr. The first-order valence-electron chi connectivity index (χ1n) is 4.15. The van der Waals surface area contributed by atoms with Crippen molar-refractivity contribution in [1.82, 2.24) is 0 Å². The van der Waals surface area contributed by atoms with Crippen molar-refractivity contribution in [2.45, 2.75) is 12.7 Å². The van der Waals surface area contributed by atoms with Gasteiger partial charge in [-0.1, -0.05) is 28.1 Å². The quantitative estimate of drug-likeness (QED) is 0.635. The second-order valence-corrected chi connectivity index (χ2v) is 3.56. The summed E-state index contributed by atoms with van der Waals surface area (Å²) in [7, 11) is 0. The minimum absolute atomic E-state index is 0.106. The largest absolute Gasteiger partial charge is 0.392 e. The maximum absolute atomic E-state index is 10.7. The summed E-state index contributed by atoms with van der Waals surface area (Å²) >= 11 is 3.14. The topological polar surface area (TPSA) is 57.5 Å². The smallest absolute Gasteiger partial charge is 0.150 e. The van der Waals surface area contributed by atoms with E-state index < -0.39 is 6.10 Å². The summed E-state index contributed by atoms with van der Waals surface area (Å²) in [5.74, 6) is 0. The summed E-state index contributed by atoms with van der Waals surface area (Å²) in [6.45, 7) is -0.106. The van der Waals surface area contributed by atoms with E-state index in [-0.39, 0.29) is 6.61 Å². The number of benzene rings is 1. The van der Waals surface area contributed by atoms with Crippen molar-refractivity contribution in [3.63, 3.8) is 0 Å². The van der Waals surface area contributed by atoms with E-state index in [0.717, 1.165) is 0 Å². The van der Waals surface area contributed by atoms with Crippen LogP contribution in [-0.4, -0.2) is 21.8 Å². The fourth-order valence-electron chi connectivity index (χ4n) is 1.21. The molecule has 1 aromatic rings. The lowest BCUT2D eigenvalue weighted by atomic mass is 10.0. The van der Waals surface area contributed by atoms with Gasteiger partial charge in [0, 0.05) is 10.9 Å². The first-order valence-corrected chi connectivity index (χ1v) is 5.28. The van der Waals surface area contributed by atoms with Crippen LogP contribution in [0.2, 0.25) is 0 Å². The van der Waals surface area contributed by atoms with Crippen LogP contribution in [0.25, 0.3) is 0 Å². The van der Waals surface area contributed by atoms with E-state index in [4.69, 9.17) is 5.11 Å². The predicted octanol–water partition coefficient (Wildman–Crippen LogP) is 1.42. The lowest BCUT2D eigenvalue weighted by molar-refractivity contribution is 0.111. The first-order chi connectivity index (χ1) is 6.72. The van der Waals surface area contributed by atoms with E-state index in [9.17, 15) is 9.90 Å². The molecule has 0 heterocycles. The van der Waals surface area contributed by atoms with Crippen LogP contribution >= 0.6 is 15.9 Å². The van der Waals surface area contributed by atoms with Crippen molar-refractivity contribution in [1.29, 1.82) is 0 Å². The Morgan fingerprint density at radius 1 is 1.50 bits per heavy atom. The van der Waals surface area contributed by atoms with Gasteiger partial charge in [-0.2, -0.15) is 0 Å². The molecule has 0 aliphatic carbocycles. The molecule has 0 saturated heterocycles. The number of alkyl halides is 1. The second kappa shape index (κ2) is 5.24. The zero-order valence-corrected chi connectivity index (χ0v) is 9.07. The molecule has 4 heteroatoms. The number of aliphatic hydroxyl groups is 2. The van der Waals surface area contributed by atoms with Gasteiger partial charge < -0.3 is 10.2 Å². The first kappa shape index (κ1) is 11.4. The minimum atomic E-state index is -0.692. The van der Waals surface area contributed by atoms with Crippen molar-refractivity contribution in [2.75, 3.05) is 5.33 Å². The van der Waals surface area contributed by atoms with Crippen LogP contribution in [0.15, 0.2) is 18.2 Å². The molecular weight excluding hydrogens is 248 g/mol. The highest BCUT2D eigenvalue weighted by Gasteiger charge is 2.10. The molecule has 0 saturated carbocycles. The van der Waals surface area contributed by atoms with Crippen molar-refractivity contribution in [3.05, 3.63) is 34.9 Å². The fraction of sp³-hybridized carbons (Fsp3) is 0.300. The number of carbonyl (C=O) groups excluding carboxylic acids is 1. The molecule has 1 rings (SSSR count). The summed E-state index contributed by atoms with van der Waals surface area (Å²) in [4.78, 5) is 10.7. The molecule has 1 atom stereocenters. The highest BCUT2D eigenvalue weighted by atomic mass is 79.9. The molecule has 76 valence electrons. The van der Waals surface area contributed by atoms with Crippen molar-refractivity contribution < 1.29 is 15.0 Å². The Bertz CT molecular complexity index is 325. The maximum Gasteiger partial charge on any atom is 0.150 e. The normalized spacial score (nSPS) is 12.5. The average Bonchev–Trinajstić information content (AvgIpc) is 2.27. The Morgan fingerprint density at radius 3 is 2.71 bits per heavy atom. The third kappa shape index (κ3) is 2.41. The highest BCUT2D eigenvalue weighted by Crippen LogP contribution is 2.20. The van der Waals surface area contributed by atoms with Gasteiger partial charge >= 0.3 is 0 Å². The Hall–Kier alpha value is -0.710. The standard InChI is InChI=1S/C10H11BrO3/c11-4-10(14)9-2-1-7(5-12)3-8(9)6-13/h1-3,6,10,12,14H,4-5H2. The number of rotatable bonds is 4. The molecule has 0 fully saturated rings. The fourth-order valence-corrected chi connectivity index (χ4v) is 1.56. The van der Waals surface area contributed by atoms with Crippen LogP contribution < -0.4 is 0 Å². The van der Waals surface area contributed by atoms with Crippen LogP contribution in [0.3, 0.4) is 0 Å². The number of hydrogen-bond acceptors (Lipinski definition) is 3. The van der Waals surface area contributed by atoms with Gasteiger partial charge in [-0.05, 0) is 17.2 Å². The Morgan fingerprint density at radius 2 is 2.21 bits per heavy atom. The van der Waals surface area contributed by atoms with Gasteiger partial charge in [0.25, 0.3) is 0 Å². The summed E-state index contributed by atoms with van der Waals surface area (Å²) < 4.78 is 0. The van der Waals surface area contributed by atoms with Crippen molar-refractivity contribution in [2.24, 2.45) is 0 Å². The Kier molecular flexibility index (Phi) is 4.25. The molecular formula is C10H11BrO3. The minimum Gasteiger partial charge on any atom is -0.392 e. The van der Waals surface area contributed by atoms with E-state index in [0.29, 0.717) is 28.3 Å². The van der Waals surface area contributed by atoms with E-state index in [1.54, 1.807) is 18.2 Å². The number of hydrogen-bond donors (Lipinski definition) is 2. The van der Waals surface area contributed by atoms with Crippen LogP contribution in [0.4, 0.5) is 0 Å². The van der Waals surface area contributed by atoms with Gasteiger partial charge in [0.2, 0.25) is 0 Å². The zero-order chi connectivity index (χ0) is 10.6. The van der Waals surface area contributed by atoms with Gasteiger partial charge in [0.1, 0.15) is 6.29 Å². The van der Waals surface area contributed by atoms with Crippen molar-refractivity contribution in [3.8, 4) is 0 Å². The van der Waals surface area contributed by atoms with Crippen LogP contribution in [0.1, 0.15) is 27.6 Å². The van der Waals surface area contributed by atoms with Crippen LogP contribution in [0.5, 0.6) is 0 Å². The predicted molar refractivity (Wildman–Crippen MR) is 56.5 cm³/mol. The second-order valence-electron chi connectivity index (χ2n) is 2.91. The number of aliphatic hydroxyl groups excluding tert-OH is 2. The van der Waals surface area contributed by atoms with E-state index in [1.165, 1.54) is 0 Å². The van der Waals surface area contributed by atoms with Crippen LogP contribution in [0, 0.1) is 0 Å². The zero-order valence-electron chi connectivity index (χ0n) is 7.48. The number of carbonyl (C=O) groups is 1. The van der Waals surface area contributed by atoms with Gasteiger partial charge in [-0.3, -0.25) is 4.79 Å². The molecule has 0 aliphatic heterocycles. The third-order valence-electron chi connectivity index (χ3n) is 1.97. The molecule has 2 N–H and O–H groups in total. The van der Waals surface area contributed by atoms with Gasteiger partial charge in [-0.15, -0.1) is 0 Å². The highest BCUT2D eigenvalue weighted by molar-refractivity contribution is 9.09. The monoisotopic (exact) mass is 258 g/mol. The summed E-state index contributed by atoms with van der Waals surface area (Å²) in [5, 5.41) is 18.8. The molecule has 0 bridgehead atoms. The molecule has 14 heavy (non-hydrogen) atoms. The lowest BCUT2D eigenvalue weighted by Gasteiger charge is -2.10. The van der Waals surface area contributed by atoms with Gasteiger partial charge in [0.15, 0.2) is 0 Å². The van der Waals surface area contributed by atoms with E-state index in [2.05, 4.69) is 15.9 Å². The van der Waals surface area contributed by atoms with Crippen molar-refractivity contribution >= 4 is 22.2 Å². The molecule has 3 nitrogen and oxygen atoms in total. The molecule has 0 radical (unpaired) electrons. The maximum atomic E-state index is 10.7. The number of aldehydes is 1. The Balaban J connectivity index is 3.11. The number of halogens is 1. The molecule has 0 amide bonds. The lowest BCUT2D eigenvalue weighted by Crippen LogP contribution is -2.03. The molecule has 1 aromatic carbocycles. The summed E-state index contributed by atoms with van der Waals surface area (Å²) in [6.07, 6.45) is -0.0108.